The fraction of sp³-hybridized carbons (Fsp3) is 0.238. The molecule has 3 rings (SSSR count). The number of aromatic hydroxyl groups is 1. The van der Waals surface area contributed by atoms with Crippen LogP contribution < -0.4 is 0 Å². The number of hydrogen-bond donors (Lipinski definition) is 5. The van der Waals surface area contributed by atoms with E-state index in [1.54, 1.807) is 19.1 Å². The van der Waals surface area contributed by atoms with Crippen LogP contribution in [0.15, 0.2) is 47.2 Å². The van der Waals surface area contributed by atoms with Gasteiger partial charge in [-0.05, 0) is 24.6 Å². The Morgan fingerprint density at radius 1 is 0.938 bits per heavy atom. The van der Waals surface area contributed by atoms with Gasteiger partial charge in [-0.15, -0.1) is 0 Å². The average molecular weight is 438 g/mol. The minimum absolute atomic E-state index is 0.112. The molecule has 2 atom stereocenters. The number of rotatable bonds is 10. The highest BCUT2D eigenvalue weighted by atomic mass is 16.4. The van der Waals surface area contributed by atoms with Gasteiger partial charge in [-0.1, -0.05) is 0 Å². The number of nitrogens with one attached hydrogen (secondary N) is 2. The molecule has 0 spiro atoms. The van der Waals surface area contributed by atoms with Crippen LogP contribution in [0.4, 0.5) is 0 Å². The molecular weight excluding hydrogens is 416 g/mol. The van der Waals surface area contributed by atoms with Crippen LogP contribution in [0.25, 0.3) is 0 Å². The highest BCUT2D eigenvalue weighted by Gasteiger charge is 2.19. The highest BCUT2D eigenvalue weighted by Crippen LogP contribution is 2.22. The van der Waals surface area contributed by atoms with Crippen molar-refractivity contribution in [3.8, 4) is 5.75 Å². The van der Waals surface area contributed by atoms with Crippen LogP contribution in [-0.4, -0.2) is 71.7 Å². The lowest BCUT2D eigenvalue weighted by atomic mass is 10.1. The average Bonchev–Trinajstić information content (AvgIpc) is 3.44. The quantitative estimate of drug-likeness (QED) is 0.297. The summed E-state index contributed by atoms with van der Waals surface area (Å²) in [4.78, 5) is 44.7. The van der Waals surface area contributed by atoms with Crippen molar-refractivity contribution in [2.45, 2.75) is 31.8 Å². The number of carbonyl (C=O) groups is 2. The van der Waals surface area contributed by atoms with E-state index in [0.717, 1.165) is 5.56 Å². The third-order valence-corrected chi connectivity index (χ3v) is 4.61. The molecule has 0 radical (unpaired) electrons. The second-order valence-corrected chi connectivity index (χ2v) is 7.12. The summed E-state index contributed by atoms with van der Waals surface area (Å²) in [6.45, 7) is 1.78. The number of aliphatic imine (C=N–C) groups is 2. The van der Waals surface area contributed by atoms with E-state index in [2.05, 4.69) is 29.9 Å². The van der Waals surface area contributed by atoms with Crippen molar-refractivity contribution in [1.82, 2.24) is 19.9 Å². The van der Waals surface area contributed by atoms with Crippen molar-refractivity contribution in [2.75, 3.05) is 0 Å². The highest BCUT2D eigenvalue weighted by molar-refractivity contribution is 5.93. The summed E-state index contributed by atoms with van der Waals surface area (Å²) < 4.78 is 0. The normalized spacial score (nSPS) is 13.5. The second-order valence-electron chi connectivity index (χ2n) is 7.12. The zero-order valence-electron chi connectivity index (χ0n) is 17.1. The van der Waals surface area contributed by atoms with Gasteiger partial charge in [0, 0.05) is 60.2 Å². The van der Waals surface area contributed by atoms with Gasteiger partial charge in [-0.25, -0.2) is 19.6 Å². The van der Waals surface area contributed by atoms with Crippen LogP contribution in [0.1, 0.15) is 28.1 Å². The molecule has 0 saturated carbocycles. The molecule has 0 amide bonds. The molecule has 0 aliphatic carbocycles. The van der Waals surface area contributed by atoms with Crippen molar-refractivity contribution < 1.29 is 24.9 Å². The first kappa shape index (κ1) is 22.4. The number of carboxylic acids is 2. The van der Waals surface area contributed by atoms with E-state index in [4.69, 9.17) is 0 Å². The van der Waals surface area contributed by atoms with Gasteiger partial charge in [0.25, 0.3) is 0 Å². The van der Waals surface area contributed by atoms with Crippen molar-refractivity contribution in [2.24, 2.45) is 9.98 Å². The van der Waals surface area contributed by atoms with Crippen molar-refractivity contribution >= 4 is 24.4 Å². The van der Waals surface area contributed by atoms with E-state index in [9.17, 15) is 24.9 Å². The molecule has 0 unspecified atom stereocenters. The van der Waals surface area contributed by atoms with E-state index in [1.165, 1.54) is 37.5 Å². The van der Waals surface area contributed by atoms with Crippen molar-refractivity contribution in [3.63, 3.8) is 0 Å². The van der Waals surface area contributed by atoms with E-state index < -0.39 is 24.0 Å². The summed E-state index contributed by atoms with van der Waals surface area (Å²) in [6, 6.07) is 1.14. The molecule has 0 bridgehead atoms. The van der Waals surface area contributed by atoms with Gasteiger partial charge in [0.15, 0.2) is 12.1 Å². The molecule has 2 heterocycles. The summed E-state index contributed by atoms with van der Waals surface area (Å²) in [5.74, 6) is -2.42. The number of aromatic nitrogens is 4. The summed E-state index contributed by atoms with van der Waals surface area (Å²) in [5, 5.41) is 29.5. The third-order valence-electron chi connectivity index (χ3n) is 4.61. The van der Waals surface area contributed by atoms with Crippen LogP contribution in [0.2, 0.25) is 0 Å². The number of imidazole rings is 2. The van der Waals surface area contributed by atoms with Crippen molar-refractivity contribution in [1.29, 1.82) is 0 Å². The fourth-order valence-electron chi connectivity index (χ4n) is 2.99. The summed E-state index contributed by atoms with van der Waals surface area (Å²) >= 11 is 0. The minimum Gasteiger partial charge on any atom is -0.507 e. The summed E-state index contributed by atoms with van der Waals surface area (Å²) in [6.07, 6.45) is 8.74. The first-order chi connectivity index (χ1) is 15.3. The topological polar surface area (TPSA) is 177 Å². The molecule has 32 heavy (non-hydrogen) atoms. The Balaban J connectivity index is 1.82. The Bertz CT molecular complexity index is 1040. The molecular formula is C21H22N6O5. The zero-order valence-corrected chi connectivity index (χ0v) is 17.1. The maximum atomic E-state index is 11.5. The number of H-pyrrole nitrogens is 2. The van der Waals surface area contributed by atoms with E-state index in [1.807, 2.05) is 0 Å². The first-order valence-corrected chi connectivity index (χ1v) is 9.63. The number of phenols is 1. The molecule has 166 valence electrons. The Labute approximate surface area is 182 Å². The molecule has 1 aromatic carbocycles. The number of phenolic OH excluding ortho intramolecular Hbond substituents is 1. The van der Waals surface area contributed by atoms with Gasteiger partial charge in [0.05, 0.1) is 12.7 Å². The number of benzene rings is 1. The lowest BCUT2D eigenvalue weighted by molar-refractivity contribution is -0.139. The molecule has 0 aliphatic rings. The first-order valence-electron chi connectivity index (χ1n) is 9.63. The maximum Gasteiger partial charge on any atom is 0.328 e. The van der Waals surface area contributed by atoms with E-state index in [-0.39, 0.29) is 18.6 Å². The largest absolute Gasteiger partial charge is 0.507 e. The third kappa shape index (κ3) is 5.88. The van der Waals surface area contributed by atoms with Crippen LogP contribution in [-0.2, 0) is 22.4 Å². The van der Waals surface area contributed by atoms with Crippen LogP contribution in [0, 0.1) is 6.92 Å². The lowest BCUT2D eigenvalue weighted by Crippen LogP contribution is -2.21. The number of aromatic amines is 2. The smallest absolute Gasteiger partial charge is 0.328 e. The van der Waals surface area contributed by atoms with Crippen LogP contribution in [0.3, 0.4) is 0 Å². The van der Waals surface area contributed by atoms with Crippen molar-refractivity contribution in [3.05, 3.63) is 65.3 Å². The number of hydrogen-bond acceptors (Lipinski definition) is 7. The molecule has 0 aliphatic heterocycles. The number of carboxylic acid groups (broad SMARTS) is 2. The van der Waals surface area contributed by atoms with Gasteiger partial charge in [-0.2, -0.15) is 0 Å². The Morgan fingerprint density at radius 2 is 1.38 bits per heavy atom. The van der Waals surface area contributed by atoms with E-state index in [0.29, 0.717) is 22.5 Å². The second kappa shape index (κ2) is 10.2. The van der Waals surface area contributed by atoms with Gasteiger partial charge >= 0.3 is 11.9 Å². The Kier molecular flexibility index (Phi) is 7.11. The predicted octanol–water partition coefficient (Wildman–Crippen LogP) is 1.38. The van der Waals surface area contributed by atoms with Gasteiger partial charge in [-0.3, -0.25) is 9.98 Å². The van der Waals surface area contributed by atoms with Crippen LogP contribution >= 0.6 is 0 Å². The minimum atomic E-state index is -1.12. The summed E-state index contributed by atoms with van der Waals surface area (Å²) in [7, 11) is 0. The van der Waals surface area contributed by atoms with Gasteiger partial charge < -0.3 is 25.3 Å². The lowest BCUT2D eigenvalue weighted by Gasteiger charge is -2.09. The maximum absolute atomic E-state index is 11.5. The van der Waals surface area contributed by atoms with Gasteiger partial charge in [0.1, 0.15) is 5.75 Å². The molecule has 0 saturated heterocycles. The number of aliphatic carboxylic acids is 2. The zero-order chi connectivity index (χ0) is 23.1. The molecule has 11 heteroatoms. The molecule has 2 aromatic heterocycles. The molecule has 3 aromatic rings. The molecule has 11 nitrogen and oxygen atoms in total. The fourth-order valence-corrected chi connectivity index (χ4v) is 2.99. The number of nitrogens with zero attached hydrogens (tertiary/aromatic N) is 4. The Hall–Kier alpha value is -4.28. The van der Waals surface area contributed by atoms with E-state index >= 15 is 0 Å². The molecule has 5 N–H and O–H groups in total. The number of aryl methyl sites for hydroxylation is 1. The Morgan fingerprint density at radius 3 is 1.72 bits per heavy atom. The van der Waals surface area contributed by atoms with Gasteiger partial charge in [0.2, 0.25) is 0 Å². The summed E-state index contributed by atoms with van der Waals surface area (Å²) in [5.41, 5.74) is 2.58. The predicted molar refractivity (Wildman–Crippen MR) is 115 cm³/mol. The standard InChI is InChI=1S/C21H22N6O5/c1-12-2-13(6-24-17(20(29)30)4-15-8-22-10-26-15)19(28)14(3-12)7-25-18(21(31)32)5-16-9-23-11-27-16/h2-3,6-11,17-18,28H,4-5H2,1H3,(H,22,26)(H,23,27)(H,29,30)(H,31,32)/t17-,18-/m0/s1. The monoisotopic (exact) mass is 438 g/mol. The SMILES string of the molecule is Cc1cc(C=N[C@@H](Cc2cnc[nH]2)C(=O)O)c(O)c(C=N[C@@H](Cc2cnc[nH]2)C(=O)O)c1. The van der Waals surface area contributed by atoms with Crippen LogP contribution in [0.5, 0.6) is 5.75 Å². The molecule has 0 fully saturated rings.